The average molecular weight is 577 g/mol. The van der Waals surface area contributed by atoms with Crippen molar-refractivity contribution in [1.82, 2.24) is 34.8 Å². The summed E-state index contributed by atoms with van der Waals surface area (Å²) in [5, 5.41) is 15.5. The van der Waals surface area contributed by atoms with Crippen LogP contribution in [0.15, 0.2) is 24.0 Å². The van der Waals surface area contributed by atoms with Gasteiger partial charge in [0.25, 0.3) is 12.3 Å². The quantitative estimate of drug-likeness (QED) is 0.426. The maximum atomic E-state index is 13.8. The first kappa shape index (κ1) is 28.1. The number of nitrogens with zero attached hydrogens (tertiary/aromatic N) is 6. The lowest BCUT2D eigenvalue weighted by molar-refractivity contribution is 0.00720. The molecule has 2 amide bonds. The number of amides is 2. The third-order valence-corrected chi connectivity index (χ3v) is 8.11. The second kappa shape index (κ2) is 11.6. The maximum Gasteiger partial charge on any atom is 0.410 e. The lowest BCUT2D eigenvalue weighted by Crippen LogP contribution is -2.53. The van der Waals surface area contributed by atoms with Crippen LogP contribution >= 0.6 is 11.3 Å². The number of piperazine rings is 1. The standard InChI is InChI=1S/C26H34F2N8O3S/c1-26(2,3)39-25(38)35-10-8-34(9-11-35)17-4-6-18(7-5-17)36-14-19(21(33-36)22(27)28)31-23(37)20-15-40-24(32-20)16-12-29-30-13-16/h12-15,17-18,22H,4-11H2,1-3H3,(H,29,30)(H,31,37). The minimum atomic E-state index is -2.83. The van der Waals surface area contributed by atoms with E-state index in [9.17, 15) is 18.4 Å². The molecule has 2 fully saturated rings. The van der Waals surface area contributed by atoms with Crippen LogP contribution in [-0.2, 0) is 4.74 Å². The van der Waals surface area contributed by atoms with Crippen LogP contribution in [0.1, 0.15) is 75.1 Å². The number of aromatic amines is 1. The molecule has 3 aromatic heterocycles. The fraction of sp³-hybridized carbons (Fsp3) is 0.577. The Labute approximate surface area is 234 Å². The summed E-state index contributed by atoms with van der Waals surface area (Å²) in [4.78, 5) is 33.6. The first-order valence-corrected chi connectivity index (χ1v) is 14.3. The number of thiazole rings is 1. The summed E-state index contributed by atoms with van der Waals surface area (Å²) in [6.07, 6.45) is 5.04. The van der Waals surface area contributed by atoms with E-state index < -0.39 is 23.6 Å². The summed E-state index contributed by atoms with van der Waals surface area (Å²) in [5.74, 6) is -0.568. The predicted octanol–water partition coefficient (Wildman–Crippen LogP) is 4.96. The van der Waals surface area contributed by atoms with Gasteiger partial charge in [-0.25, -0.2) is 18.6 Å². The van der Waals surface area contributed by atoms with Crippen LogP contribution in [-0.4, -0.2) is 84.6 Å². The average Bonchev–Trinajstić information content (AvgIpc) is 3.69. The van der Waals surface area contributed by atoms with E-state index >= 15 is 0 Å². The molecule has 2 aliphatic rings. The molecule has 0 aromatic carbocycles. The molecular weight excluding hydrogens is 542 g/mol. The minimum absolute atomic E-state index is 0.00162. The van der Waals surface area contributed by atoms with Crippen LogP contribution in [0.25, 0.3) is 10.6 Å². The molecule has 1 aliphatic carbocycles. The molecule has 1 saturated carbocycles. The highest BCUT2D eigenvalue weighted by molar-refractivity contribution is 7.13. The van der Waals surface area contributed by atoms with Gasteiger partial charge in [-0.05, 0) is 46.5 Å². The van der Waals surface area contributed by atoms with Gasteiger partial charge in [-0.3, -0.25) is 19.5 Å². The zero-order valence-electron chi connectivity index (χ0n) is 22.8. The van der Waals surface area contributed by atoms with Crippen LogP contribution < -0.4 is 5.32 Å². The molecule has 11 nitrogen and oxygen atoms in total. The Kier molecular flexibility index (Phi) is 8.17. The summed E-state index contributed by atoms with van der Waals surface area (Å²) in [5.41, 5.74) is -0.0823. The topological polar surface area (TPSA) is 121 Å². The van der Waals surface area contributed by atoms with Gasteiger partial charge >= 0.3 is 6.09 Å². The van der Waals surface area contributed by atoms with Crippen molar-refractivity contribution in [3.8, 4) is 10.6 Å². The van der Waals surface area contributed by atoms with E-state index in [0.29, 0.717) is 24.1 Å². The Morgan fingerprint density at radius 3 is 2.45 bits per heavy atom. The normalized spacial score (nSPS) is 20.6. The van der Waals surface area contributed by atoms with E-state index in [1.54, 1.807) is 27.4 Å². The van der Waals surface area contributed by atoms with E-state index in [0.717, 1.165) is 44.3 Å². The van der Waals surface area contributed by atoms with E-state index in [2.05, 4.69) is 30.5 Å². The summed E-state index contributed by atoms with van der Waals surface area (Å²) >= 11 is 1.27. The molecule has 0 bridgehead atoms. The largest absolute Gasteiger partial charge is 0.444 e. The monoisotopic (exact) mass is 576 g/mol. The predicted molar refractivity (Wildman–Crippen MR) is 146 cm³/mol. The number of carbonyl (C=O) groups is 2. The van der Waals surface area contributed by atoms with Gasteiger partial charge in [0.1, 0.15) is 16.3 Å². The van der Waals surface area contributed by atoms with Crippen molar-refractivity contribution in [2.75, 3.05) is 31.5 Å². The van der Waals surface area contributed by atoms with Gasteiger partial charge in [-0.2, -0.15) is 10.2 Å². The first-order valence-electron chi connectivity index (χ1n) is 13.4. The third-order valence-electron chi connectivity index (χ3n) is 7.22. The number of aromatic nitrogens is 5. The van der Waals surface area contributed by atoms with E-state index in [4.69, 9.17) is 4.74 Å². The molecular formula is C26H34F2N8O3S. The number of ether oxygens (including phenoxy) is 1. The maximum absolute atomic E-state index is 13.8. The van der Waals surface area contributed by atoms with Crippen molar-refractivity contribution in [3.63, 3.8) is 0 Å². The molecule has 2 N–H and O–H groups in total. The highest BCUT2D eigenvalue weighted by atomic mass is 32.1. The third kappa shape index (κ3) is 6.49. The molecule has 5 rings (SSSR count). The van der Waals surface area contributed by atoms with Crippen LogP contribution in [0.5, 0.6) is 0 Å². The lowest BCUT2D eigenvalue weighted by Gasteiger charge is -2.42. The number of anilines is 1. The molecule has 0 spiro atoms. The van der Waals surface area contributed by atoms with Crippen molar-refractivity contribution in [1.29, 1.82) is 0 Å². The Hall–Kier alpha value is -3.39. The van der Waals surface area contributed by atoms with Crippen LogP contribution in [0.4, 0.5) is 19.3 Å². The van der Waals surface area contributed by atoms with E-state index in [1.807, 2.05) is 20.8 Å². The van der Waals surface area contributed by atoms with Crippen molar-refractivity contribution in [2.24, 2.45) is 0 Å². The molecule has 0 unspecified atom stereocenters. The van der Waals surface area contributed by atoms with Crippen molar-refractivity contribution in [3.05, 3.63) is 35.4 Å². The summed E-state index contributed by atoms with van der Waals surface area (Å²) < 4.78 is 34.7. The van der Waals surface area contributed by atoms with Gasteiger partial charge in [-0.15, -0.1) is 11.3 Å². The molecule has 3 aromatic rings. The van der Waals surface area contributed by atoms with E-state index in [-0.39, 0.29) is 23.5 Å². The van der Waals surface area contributed by atoms with Gasteiger partial charge in [0, 0.05) is 55.6 Å². The molecule has 0 radical (unpaired) electrons. The molecule has 1 aliphatic heterocycles. The number of carbonyl (C=O) groups excluding carboxylic acids is 2. The minimum Gasteiger partial charge on any atom is -0.444 e. The highest BCUT2D eigenvalue weighted by Crippen LogP contribution is 2.35. The second-order valence-electron chi connectivity index (χ2n) is 11.2. The molecule has 0 atom stereocenters. The number of alkyl halides is 2. The van der Waals surface area contributed by atoms with Crippen molar-refractivity contribution in [2.45, 2.75) is 70.6 Å². The molecule has 4 heterocycles. The van der Waals surface area contributed by atoms with Crippen LogP contribution in [0.3, 0.4) is 0 Å². The summed E-state index contributed by atoms with van der Waals surface area (Å²) in [6.45, 7) is 8.39. The zero-order valence-corrected chi connectivity index (χ0v) is 23.6. The SMILES string of the molecule is CC(C)(C)OC(=O)N1CCN(C2CCC(n3cc(NC(=O)c4csc(-c5cn[nH]c5)n4)c(C(F)F)n3)CC2)CC1. The molecule has 1 saturated heterocycles. The van der Waals surface area contributed by atoms with Crippen LogP contribution in [0, 0.1) is 0 Å². The molecule has 216 valence electrons. The van der Waals surface area contributed by atoms with Crippen molar-refractivity contribution < 1.29 is 23.1 Å². The summed E-state index contributed by atoms with van der Waals surface area (Å²) in [7, 11) is 0. The van der Waals surface area contributed by atoms with Gasteiger partial charge in [0.15, 0.2) is 5.69 Å². The fourth-order valence-electron chi connectivity index (χ4n) is 5.20. The summed E-state index contributed by atoms with van der Waals surface area (Å²) in [6, 6.07) is 0.338. The number of hydrogen-bond acceptors (Lipinski definition) is 8. The Morgan fingerprint density at radius 1 is 1.12 bits per heavy atom. The second-order valence-corrected chi connectivity index (χ2v) is 12.0. The number of rotatable bonds is 6. The molecule has 40 heavy (non-hydrogen) atoms. The Bertz CT molecular complexity index is 1300. The van der Waals surface area contributed by atoms with Gasteiger partial charge in [-0.1, -0.05) is 0 Å². The lowest BCUT2D eigenvalue weighted by atomic mass is 9.90. The number of hydrogen-bond donors (Lipinski definition) is 2. The van der Waals surface area contributed by atoms with Gasteiger partial charge < -0.3 is 15.0 Å². The smallest absolute Gasteiger partial charge is 0.410 e. The van der Waals surface area contributed by atoms with Gasteiger partial charge in [0.05, 0.1) is 17.9 Å². The van der Waals surface area contributed by atoms with E-state index in [1.165, 1.54) is 17.5 Å². The highest BCUT2D eigenvalue weighted by Gasteiger charge is 2.32. The van der Waals surface area contributed by atoms with Gasteiger partial charge in [0.2, 0.25) is 0 Å². The number of nitrogens with one attached hydrogen (secondary N) is 2. The zero-order chi connectivity index (χ0) is 28.4. The first-order chi connectivity index (χ1) is 19.1. The fourth-order valence-corrected chi connectivity index (χ4v) is 5.98. The number of halogens is 2. The molecule has 14 heteroatoms. The number of H-pyrrole nitrogens is 1. The van der Waals surface area contributed by atoms with Crippen molar-refractivity contribution >= 4 is 29.0 Å². The Balaban J connectivity index is 1.16. The Morgan fingerprint density at radius 2 is 1.82 bits per heavy atom. The van der Waals surface area contributed by atoms with Crippen LogP contribution in [0.2, 0.25) is 0 Å².